The van der Waals surface area contributed by atoms with Gasteiger partial charge >= 0.3 is 0 Å². The number of ketones is 1. The van der Waals surface area contributed by atoms with Gasteiger partial charge in [0.1, 0.15) is 47.2 Å². The highest BCUT2D eigenvalue weighted by Crippen LogP contribution is 2.36. The van der Waals surface area contributed by atoms with Crippen LogP contribution in [0.3, 0.4) is 0 Å². The van der Waals surface area contributed by atoms with E-state index in [0.29, 0.717) is 6.42 Å². The lowest BCUT2D eigenvalue weighted by molar-refractivity contribution is -0.277. The van der Waals surface area contributed by atoms with Crippen LogP contribution in [0.4, 0.5) is 0 Å². The first-order chi connectivity index (χ1) is 14.3. The van der Waals surface area contributed by atoms with E-state index in [1.54, 1.807) is 0 Å². The van der Waals surface area contributed by atoms with Crippen molar-refractivity contribution in [1.82, 2.24) is 0 Å². The number of Topliss-reactive ketones (excluding diaryl/α,β-unsaturated/α-hetero) is 1. The number of phenolic OH excluding ortho intramolecular Hbond substituents is 2. The Kier molecular flexibility index (Phi) is 6.91. The van der Waals surface area contributed by atoms with Gasteiger partial charge in [0.15, 0.2) is 5.78 Å². The molecule has 0 saturated carbocycles. The van der Waals surface area contributed by atoms with Gasteiger partial charge in [0.2, 0.25) is 6.29 Å². The summed E-state index contributed by atoms with van der Waals surface area (Å²) in [7, 11) is 0. The van der Waals surface area contributed by atoms with Gasteiger partial charge < -0.3 is 40.1 Å². The third-order valence-electron chi connectivity index (χ3n) is 4.92. The maximum Gasteiger partial charge on any atom is 0.229 e. The highest BCUT2D eigenvalue weighted by molar-refractivity contribution is 6.01. The third kappa shape index (κ3) is 4.72. The standard InChI is InChI=1S/C21H24O9/c22-10-16-18(26)19(27)20(28)21(30-16)29-15-9-12(23)8-14(25)17(15)13(24)7-6-11-4-2-1-3-5-11/h1-5,8-9,16,18-23,25-28H,6-7,10H2/t16-,18-,19+,20-,21-/m1/s1. The minimum atomic E-state index is -1.71. The molecule has 1 aliphatic rings. The Morgan fingerprint density at radius 3 is 2.37 bits per heavy atom. The highest BCUT2D eigenvalue weighted by atomic mass is 16.7. The molecule has 9 heteroatoms. The molecule has 0 unspecified atom stereocenters. The Bertz CT molecular complexity index is 868. The molecule has 0 aliphatic carbocycles. The Labute approximate surface area is 172 Å². The molecule has 1 saturated heterocycles. The van der Waals surface area contributed by atoms with Crippen molar-refractivity contribution in [3.8, 4) is 17.2 Å². The van der Waals surface area contributed by atoms with E-state index in [2.05, 4.69) is 0 Å². The predicted molar refractivity (Wildman–Crippen MR) is 103 cm³/mol. The lowest BCUT2D eigenvalue weighted by Gasteiger charge is -2.39. The second kappa shape index (κ2) is 9.41. The summed E-state index contributed by atoms with van der Waals surface area (Å²) in [5.74, 6) is -1.66. The van der Waals surface area contributed by atoms with Crippen LogP contribution in [0.5, 0.6) is 17.2 Å². The average Bonchev–Trinajstić information content (AvgIpc) is 2.72. The number of aliphatic hydroxyl groups excluding tert-OH is 4. The van der Waals surface area contributed by atoms with E-state index in [1.807, 2.05) is 30.3 Å². The van der Waals surface area contributed by atoms with Crippen LogP contribution in [-0.4, -0.2) is 73.7 Å². The minimum Gasteiger partial charge on any atom is -0.508 e. The molecule has 0 spiro atoms. The van der Waals surface area contributed by atoms with Gasteiger partial charge in [-0.05, 0) is 12.0 Å². The molecule has 0 bridgehead atoms. The molecule has 0 amide bonds. The zero-order valence-electron chi connectivity index (χ0n) is 16.0. The minimum absolute atomic E-state index is 0.0351. The first-order valence-corrected chi connectivity index (χ1v) is 9.42. The van der Waals surface area contributed by atoms with Crippen molar-refractivity contribution in [1.29, 1.82) is 0 Å². The normalized spacial score (nSPS) is 26.3. The number of phenols is 2. The summed E-state index contributed by atoms with van der Waals surface area (Å²) in [6.45, 7) is -0.654. The lowest BCUT2D eigenvalue weighted by Crippen LogP contribution is -2.60. The van der Waals surface area contributed by atoms with E-state index in [-0.39, 0.29) is 17.7 Å². The second-order valence-electron chi connectivity index (χ2n) is 7.06. The first kappa shape index (κ1) is 22.0. The number of rotatable bonds is 7. The fraction of sp³-hybridized carbons (Fsp3) is 0.381. The van der Waals surface area contributed by atoms with Gasteiger partial charge in [0.05, 0.1) is 6.61 Å². The van der Waals surface area contributed by atoms with Crippen molar-refractivity contribution >= 4 is 5.78 Å². The topological polar surface area (TPSA) is 157 Å². The van der Waals surface area contributed by atoms with Gasteiger partial charge in [-0.3, -0.25) is 4.79 Å². The van der Waals surface area contributed by atoms with Gasteiger partial charge in [0.25, 0.3) is 0 Å². The third-order valence-corrected chi connectivity index (χ3v) is 4.92. The summed E-state index contributed by atoms with van der Waals surface area (Å²) < 4.78 is 10.8. The Hall–Kier alpha value is -2.69. The number of ether oxygens (including phenoxy) is 2. The molecule has 9 nitrogen and oxygen atoms in total. The van der Waals surface area contributed by atoms with Gasteiger partial charge in [-0.15, -0.1) is 0 Å². The molecule has 0 radical (unpaired) electrons. The summed E-state index contributed by atoms with van der Waals surface area (Å²) in [5.41, 5.74) is 0.696. The van der Waals surface area contributed by atoms with Crippen LogP contribution < -0.4 is 4.74 Å². The molecule has 5 atom stereocenters. The van der Waals surface area contributed by atoms with Gasteiger partial charge in [0, 0.05) is 18.6 Å². The molecule has 1 heterocycles. The zero-order chi connectivity index (χ0) is 21.8. The fourth-order valence-electron chi connectivity index (χ4n) is 3.28. The number of hydrogen-bond acceptors (Lipinski definition) is 9. The lowest BCUT2D eigenvalue weighted by atomic mass is 9.99. The summed E-state index contributed by atoms with van der Waals surface area (Å²) in [5, 5.41) is 59.3. The Balaban J connectivity index is 1.83. The zero-order valence-corrected chi connectivity index (χ0v) is 16.0. The van der Waals surface area contributed by atoms with E-state index in [9.17, 15) is 35.4 Å². The summed E-state index contributed by atoms with van der Waals surface area (Å²) in [4.78, 5) is 12.8. The highest BCUT2D eigenvalue weighted by Gasteiger charge is 2.45. The van der Waals surface area contributed by atoms with Crippen LogP contribution in [0.15, 0.2) is 42.5 Å². The predicted octanol–water partition coefficient (Wildman–Crippen LogP) is 0.0920. The fourth-order valence-corrected chi connectivity index (χ4v) is 3.28. The SMILES string of the molecule is O=C(CCc1ccccc1)c1c(O)cc(O)cc1O[C@@H]1O[C@H](CO)[C@@H](O)[C@H](O)[C@H]1O. The Morgan fingerprint density at radius 2 is 1.70 bits per heavy atom. The molecule has 1 fully saturated rings. The number of aryl methyl sites for hydroxylation is 1. The van der Waals surface area contributed by atoms with Crippen LogP contribution in [-0.2, 0) is 11.2 Å². The van der Waals surface area contributed by atoms with Gasteiger partial charge in [-0.2, -0.15) is 0 Å². The van der Waals surface area contributed by atoms with E-state index in [1.165, 1.54) is 0 Å². The van der Waals surface area contributed by atoms with Crippen molar-refractivity contribution < 1.29 is 44.9 Å². The largest absolute Gasteiger partial charge is 0.508 e. The molecule has 3 rings (SSSR count). The number of benzene rings is 2. The number of aromatic hydroxyl groups is 2. The van der Waals surface area contributed by atoms with Gasteiger partial charge in [-0.1, -0.05) is 30.3 Å². The Morgan fingerprint density at radius 1 is 1.00 bits per heavy atom. The number of aliphatic hydroxyl groups is 4. The van der Waals surface area contributed by atoms with Crippen LogP contribution in [0.25, 0.3) is 0 Å². The smallest absolute Gasteiger partial charge is 0.229 e. The monoisotopic (exact) mass is 420 g/mol. The molecule has 2 aromatic rings. The quantitative estimate of drug-likeness (QED) is 0.342. The summed E-state index contributed by atoms with van der Waals surface area (Å²) in [6.07, 6.45) is -7.30. The second-order valence-corrected chi connectivity index (χ2v) is 7.06. The molecule has 30 heavy (non-hydrogen) atoms. The van der Waals surface area contributed by atoms with Crippen LogP contribution in [0, 0.1) is 0 Å². The molecule has 0 aromatic heterocycles. The maximum atomic E-state index is 12.8. The van der Waals surface area contributed by atoms with E-state index in [4.69, 9.17) is 9.47 Å². The average molecular weight is 420 g/mol. The van der Waals surface area contributed by atoms with Crippen molar-refractivity contribution in [3.05, 3.63) is 53.6 Å². The van der Waals surface area contributed by atoms with E-state index < -0.39 is 54.6 Å². The molecular formula is C21H24O9. The van der Waals surface area contributed by atoms with Crippen LogP contribution in [0.2, 0.25) is 0 Å². The van der Waals surface area contributed by atoms with Crippen molar-refractivity contribution in [2.24, 2.45) is 0 Å². The van der Waals surface area contributed by atoms with E-state index >= 15 is 0 Å². The molecular weight excluding hydrogens is 396 g/mol. The number of carbonyl (C=O) groups excluding carboxylic acids is 1. The summed E-state index contributed by atoms with van der Waals surface area (Å²) in [6, 6.07) is 11.3. The first-order valence-electron chi connectivity index (χ1n) is 9.42. The van der Waals surface area contributed by atoms with Crippen LogP contribution >= 0.6 is 0 Å². The van der Waals surface area contributed by atoms with Crippen molar-refractivity contribution in [3.63, 3.8) is 0 Å². The number of hydrogen-bond donors (Lipinski definition) is 6. The van der Waals surface area contributed by atoms with Gasteiger partial charge in [-0.25, -0.2) is 0 Å². The van der Waals surface area contributed by atoms with Crippen molar-refractivity contribution in [2.45, 2.75) is 43.5 Å². The van der Waals surface area contributed by atoms with Crippen molar-refractivity contribution in [2.75, 3.05) is 6.61 Å². The molecule has 2 aromatic carbocycles. The number of carbonyl (C=O) groups is 1. The summed E-state index contributed by atoms with van der Waals surface area (Å²) >= 11 is 0. The molecule has 6 N–H and O–H groups in total. The molecule has 1 aliphatic heterocycles. The van der Waals surface area contributed by atoms with Crippen LogP contribution in [0.1, 0.15) is 22.3 Å². The van der Waals surface area contributed by atoms with E-state index in [0.717, 1.165) is 17.7 Å². The maximum absolute atomic E-state index is 12.8. The molecule has 162 valence electrons.